The van der Waals surface area contributed by atoms with Crippen molar-refractivity contribution in [3.63, 3.8) is 0 Å². The molecule has 0 saturated carbocycles. The van der Waals surface area contributed by atoms with E-state index in [1.807, 2.05) is 18.2 Å². The molecule has 1 rings (SSSR count). The van der Waals surface area contributed by atoms with Gasteiger partial charge in [0.15, 0.2) is 0 Å². The Labute approximate surface area is 94.7 Å². The molecule has 0 fully saturated rings. The van der Waals surface area contributed by atoms with Crippen molar-refractivity contribution in [2.45, 2.75) is 6.10 Å². The minimum absolute atomic E-state index is 0.0237. The standard InChI is InChI=1S/C9H11Br2NO/c1-13-9(5-12)6-2-3-7(10)8(11)4-6/h2-4,9H,5,12H2,1H3. The van der Waals surface area contributed by atoms with E-state index in [1.54, 1.807) is 7.11 Å². The molecule has 1 aromatic rings. The van der Waals surface area contributed by atoms with Crippen LogP contribution in [0.5, 0.6) is 0 Å². The highest BCUT2D eigenvalue weighted by Crippen LogP contribution is 2.27. The number of benzene rings is 1. The van der Waals surface area contributed by atoms with Crippen molar-refractivity contribution in [3.8, 4) is 0 Å². The minimum atomic E-state index is -0.0237. The van der Waals surface area contributed by atoms with Crippen LogP contribution in [0.1, 0.15) is 11.7 Å². The minimum Gasteiger partial charge on any atom is -0.375 e. The van der Waals surface area contributed by atoms with E-state index < -0.39 is 0 Å². The van der Waals surface area contributed by atoms with Gasteiger partial charge in [0, 0.05) is 22.6 Å². The van der Waals surface area contributed by atoms with E-state index in [9.17, 15) is 0 Å². The third-order valence-corrected chi connectivity index (χ3v) is 3.69. The Kier molecular flexibility index (Phi) is 4.38. The zero-order valence-corrected chi connectivity index (χ0v) is 10.4. The lowest BCUT2D eigenvalue weighted by Crippen LogP contribution is -2.14. The summed E-state index contributed by atoms with van der Waals surface area (Å²) in [4.78, 5) is 0. The van der Waals surface area contributed by atoms with Crippen LogP contribution in [0.4, 0.5) is 0 Å². The normalized spacial score (nSPS) is 12.9. The summed E-state index contributed by atoms with van der Waals surface area (Å²) in [5, 5.41) is 0. The zero-order chi connectivity index (χ0) is 9.84. The first-order chi connectivity index (χ1) is 6.19. The van der Waals surface area contributed by atoms with Crippen molar-refractivity contribution < 1.29 is 4.74 Å². The van der Waals surface area contributed by atoms with E-state index in [0.717, 1.165) is 14.5 Å². The largest absolute Gasteiger partial charge is 0.375 e. The van der Waals surface area contributed by atoms with Gasteiger partial charge in [0.25, 0.3) is 0 Å². The molecule has 0 bridgehead atoms. The predicted octanol–water partition coefficient (Wildman–Crippen LogP) is 2.86. The summed E-state index contributed by atoms with van der Waals surface area (Å²) >= 11 is 6.83. The summed E-state index contributed by atoms with van der Waals surface area (Å²) in [6.45, 7) is 0.491. The SMILES string of the molecule is COC(CN)c1ccc(Br)c(Br)c1. The molecule has 13 heavy (non-hydrogen) atoms. The summed E-state index contributed by atoms with van der Waals surface area (Å²) in [6.07, 6.45) is -0.0237. The topological polar surface area (TPSA) is 35.2 Å². The molecule has 0 aliphatic carbocycles. The maximum Gasteiger partial charge on any atom is 0.0943 e. The van der Waals surface area contributed by atoms with Crippen LogP contribution in [0.25, 0.3) is 0 Å². The maximum absolute atomic E-state index is 5.55. The second kappa shape index (κ2) is 5.10. The lowest BCUT2D eigenvalue weighted by molar-refractivity contribution is 0.110. The number of ether oxygens (including phenoxy) is 1. The molecule has 0 aliphatic heterocycles. The molecule has 0 saturated heterocycles. The van der Waals surface area contributed by atoms with Crippen molar-refractivity contribution in [1.82, 2.24) is 0 Å². The molecule has 0 radical (unpaired) electrons. The third-order valence-electron chi connectivity index (χ3n) is 1.81. The van der Waals surface area contributed by atoms with Gasteiger partial charge in [0.1, 0.15) is 0 Å². The Balaban J connectivity index is 2.95. The van der Waals surface area contributed by atoms with Crippen molar-refractivity contribution >= 4 is 31.9 Å². The van der Waals surface area contributed by atoms with E-state index >= 15 is 0 Å². The molecule has 0 aromatic heterocycles. The van der Waals surface area contributed by atoms with Gasteiger partial charge in [-0.2, -0.15) is 0 Å². The second-order valence-electron chi connectivity index (χ2n) is 2.63. The van der Waals surface area contributed by atoms with Gasteiger partial charge < -0.3 is 10.5 Å². The van der Waals surface area contributed by atoms with E-state index in [1.165, 1.54) is 0 Å². The van der Waals surface area contributed by atoms with Crippen LogP contribution < -0.4 is 5.73 Å². The highest BCUT2D eigenvalue weighted by Gasteiger charge is 2.08. The number of methoxy groups -OCH3 is 1. The Bertz CT molecular complexity index is 287. The lowest BCUT2D eigenvalue weighted by atomic mass is 10.1. The van der Waals surface area contributed by atoms with Crippen molar-refractivity contribution in [3.05, 3.63) is 32.7 Å². The Morgan fingerprint density at radius 2 is 2.08 bits per heavy atom. The molecule has 0 spiro atoms. The van der Waals surface area contributed by atoms with Gasteiger partial charge in [-0.3, -0.25) is 0 Å². The average molecular weight is 309 g/mol. The van der Waals surface area contributed by atoms with Crippen LogP contribution in [0.2, 0.25) is 0 Å². The van der Waals surface area contributed by atoms with Crippen LogP contribution in [0, 0.1) is 0 Å². The Morgan fingerprint density at radius 3 is 2.54 bits per heavy atom. The van der Waals surface area contributed by atoms with Crippen LogP contribution >= 0.6 is 31.9 Å². The summed E-state index contributed by atoms with van der Waals surface area (Å²) in [5.74, 6) is 0. The summed E-state index contributed by atoms with van der Waals surface area (Å²) in [5.41, 5.74) is 6.63. The summed E-state index contributed by atoms with van der Waals surface area (Å²) in [6, 6.07) is 5.97. The molecule has 0 heterocycles. The van der Waals surface area contributed by atoms with Gasteiger partial charge in [-0.25, -0.2) is 0 Å². The van der Waals surface area contributed by atoms with E-state index in [0.29, 0.717) is 6.54 Å². The molecule has 2 N–H and O–H groups in total. The van der Waals surface area contributed by atoms with Gasteiger partial charge in [0.2, 0.25) is 0 Å². The number of halogens is 2. The molecule has 1 unspecified atom stereocenters. The van der Waals surface area contributed by atoms with Gasteiger partial charge in [-0.05, 0) is 49.6 Å². The highest BCUT2D eigenvalue weighted by atomic mass is 79.9. The molecule has 0 aliphatic rings. The van der Waals surface area contributed by atoms with Crippen LogP contribution in [-0.4, -0.2) is 13.7 Å². The molecule has 72 valence electrons. The maximum atomic E-state index is 5.55. The molecule has 1 atom stereocenters. The van der Waals surface area contributed by atoms with Gasteiger partial charge >= 0.3 is 0 Å². The van der Waals surface area contributed by atoms with Crippen molar-refractivity contribution in [2.75, 3.05) is 13.7 Å². The van der Waals surface area contributed by atoms with E-state index in [2.05, 4.69) is 31.9 Å². The fraction of sp³-hybridized carbons (Fsp3) is 0.333. The number of hydrogen-bond acceptors (Lipinski definition) is 2. The molecule has 0 amide bonds. The number of rotatable bonds is 3. The monoisotopic (exact) mass is 307 g/mol. The number of nitrogens with two attached hydrogens (primary N) is 1. The van der Waals surface area contributed by atoms with Gasteiger partial charge in [0.05, 0.1) is 6.10 Å². The van der Waals surface area contributed by atoms with Crippen molar-refractivity contribution in [2.24, 2.45) is 5.73 Å². The van der Waals surface area contributed by atoms with Crippen LogP contribution in [0.3, 0.4) is 0 Å². The van der Waals surface area contributed by atoms with Crippen LogP contribution in [0.15, 0.2) is 27.1 Å². The first-order valence-corrected chi connectivity index (χ1v) is 5.45. The predicted molar refractivity (Wildman–Crippen MR) is 60.6 cm³/mol. The average Bonchev–Trinajstić information content (AvgIpc) is 2.13. The van der Waals surface area contributed by atoms with Gasteiger partial charge in [-0.15, -0.1) is 0 Å². The van der Waals surface area contributed by atoms with Crippen molar-refractivity contribution in [1.29, 1.82) is 0 Å². The summed E-state index contributed by atoms with van der Waals surface area (Å²) in [7, 11) is 1.66. The summed E-state index contributed by atoms with van der Waals surface area (Å²) < 4.78 is 7.26. The fourth-order valence-corrected chi connectivity index (χ4v) is 1.72. The fourth-order valence-electron chi connectivity index (χ4n) is 1.08. The first-order valence-electron chi connectivity index (χ1n) is 3.87. The Morgan fingerprint density at radius 1 is 1.38 bits per heavy atom. The second-order valence-corrected chi connectivity index (χ2v) is 4.34. The molecule has 4 heteroatoms. The molecular formula is C9H11Br2NO. The van der Waals surface area contributed by atoms with E-state index in [4.69, 9.17) is 10.5 Å². The third kappa shape index (κ3) is 2.77. The quantitative estimate of drug-likeness (QED) is 0.932. The molecular weight excluding hydrogens is 298 g/mol. The lowest BCUT2D eigenvalue weighted by Gasteiger charge is -2.13. The van der Waals surface area contributed by atoms with E-state index in [-0.39, 0.29) is 6.10 Å². The first kappa shape index (κ1) is 11.2. The zero-order valence-electron chi connectivity index (χ0n) is 7.26. The Hall–Kier alpha value is 0.1000. The molecule has 1 aromatic carbocycles. The van der Waals surface area contributed by atoms with Crippen LogP contribution in [-0.2, 0) is 4.74 Å². The molecule has 2 nitrogen and oxygen atoms in total. The highest BCUT2D eigenvalue weighted by molar-refractivity contribution is 9.13. The van der Waals surface area contributed by atoms with Gasteiger partial charge in [-0.1, -0.05) is 6.07 Å². The smallest absolute Gasteiger partial charge is 0.0943 e. The number of hydrogen-bond donors (Lipinski definition) is 1.